The first kappa shape index (κ1) is 16.1. The Bertz CT molecular complexity index is 975. The third-order valence-electron chi connectivity index (χ3n) is 4.29. The molecule has 130 valence electrons. The largest absolute Gasteiger partial charge is 0.448 e. The summed E-state index contributed by atoms with van der Waals surface area (Å²) in [6.07, 6.45) is -0.572. The van der Waals surface area contributed by atoms with Crippen molar-refractivity contribution in [2.75, 3.05) is 5.32 Å². The van der Waals surface area contributed by atoms with Gasteiger partial charge < -0.3 is 9.26 Å². The molecular weight excluding hydrogens is 332 g/mol. The molecule has 1 aliphatic heterocycles. The summed E-state index contributed by atoms with van der Waals surface area (Å²) in [4.78, 5) is 24.5. The van der Waals surface area contributed by atoms with Crippen LogP contribution in [0.15, 0.2) is 59.1 Å². The summed E-state index contributed by atoms with van der Waals surface area (Å²) in [5, 5.41) is 6.59. The number of benzene rings is 2. The monoisotopic (exact) mass is 348 g/mol. The fourth-order valence-electron chi connectivity index (χ4n) is 2.87. The van der Waals surface area contributed by atoms with Crippen molar-refractivity contribution >= 4 is 17.8 Å². The number of nitrogens with zero attached hydrogens (tertiary/aromatic N) is 1. The van der Waals surface area contributed by atoms with Crippen molar-refractivity contribution < 1.29 is 18.8 Å². The average molecular weight is 348 g/mol. The van der Waals surface area contributed by atoms with Crippen molar-refractivity contribution in [1.82, 2.24) is 5.16 Å². The number of carbonyl (C=O) groups excluding carboxylic acids is 2. The van der Waals surface area contributed by atoms with Gasteiger partial charge in [-0.15, -0.1) is 0 Å². The van der Waals surface area contributed by atoms with E-state index < -0.39 is 18.0 Å². The lowest BCUT2D eigenvalue weighted by Crippen LogP contribution is -2.37. The molecule has 6 nitrogen and oxygen atoms in total. The number of aryl methyl sites for hydroxylation is 1. The number of fused-ring (bicyclic) bond motifs is 1. The molecule has 0 saturated carbocycles. The van der Waals surface area contributed by atoms with Crippen molar-refractivity contribution in [1.29, 1.82) is 0 Å². The molecule has 1 N–H and O–H groups in total. The number of hydrogen-bond acceptors (Lipinski definition) is 5. The van der Waals surface area contributed by atoms with E-state index in [2.05, 4.69) is 10.5 Å². The second kappa shape index (κ2) is 6.48. The van der Waals surface area contributed by atoms with Crippen LogP contribution in [0.25, 0.3) is 11.3 Å². The van der Waals surface area contributed by atoms with Gasteiger partial charge in [0.2, 0.25) is 5.88 Å². The summed E-state index contributed by atoms with van der Waals surface area (Å²) in [5.74, 6) is -0.732. The van der Waals surface area contributed by atoms with Crippen LogP contribution >= 0.6 is 0 Å². The van der Waals surface area contributed by atoms with Crippen molar-refractivity contribution in [3.63, 3.8) is 0 Å². The molecule has 0 saturated heterocycles. The van der Waals surface area contributed by atoms with Gasteiger partial charge >= 0.3 is 5.97 Å². The Kier molecular flexibility index (Phi) is 4.01. The normalized spacial score (nSPS) is 15.9. The lowest BCUT2D eigenvalue weighted by atomic mass is 9.98. The number of nitrogens with one attached hydrogen (secondary N) is 1. The summed E-state index contributed by atoms with van der Waals surface area (Å²) in [7, 11) is 0. The molecule has 6 heteroatoms. The van der Waals surface area contributed by atoms with Crippen molar-refractivity contribution in [3.8, 4) is 11.3 Å². The number of carbonyl (C=O) groups is 2. The zero-order chi connectivity index (χ0) is 18.1. The molecule has 1 aliphatic rings. The molecule has 0 fully saturated rings. The lowest BCUT2D eigenvalue weighted by molar-refractivity contribution is -0.125. The van der Waals surface area contributed by atoms with E-state index in [0.29, 0.717) is 17.7 Å². The molecule has 1 unspecified atom stereocenters. The third kappa shape index (κ3) is 3.09. The van der Waals surface area contributed by atoms with Crippen molar-refractivity contribution in [2.45, 2.75) is 19.4 Å². The number of esters is 1. The van der Waals surface area contributed by atoms with Gasteiger partial charge in [0.25, 0.3) is 5.91 Å². The highest BCUT2D eigenvalue weighted by Crippen LogP contribution is 2.24. The van der Waals surface area contributed by atoms with Gasteiger partial charge in [0.05, 0.1) is 5.56 Å². The number of amides is 1. The maximum atomic E-state index is 12.4. The highest BCUT2D eigenvalue weighted by Gasteiger charge is 2.31. The van der Waals surface area contributed by atoms with E-state index in [1.54, 1.807) is 18.2 Å². The first-order valence-corrected chi connectivity index (χ1v) is 8.23. The van der Waals surface area contributed by atoms with Crippen LogP contribution in [0.5, 0.6) is 0 Å². The van der Waals surface area contributed by atoms with E-state index in [-0.39, 0.29) is 5.88 Å². The van der Waals surface area contributed by atoms with Crippen LogP contribution in [-0.2, 0) is 16.0 Å². The van der Waals surface area contributed by atoms with Crippen LogP contribution in [0.4, 0.5) is 5.88 Å². The van der Waals surface area contributed by atoms with Crippen LogP contribution in [0.3, 0.4) is 0 Å². The standard InChI is InChI=1S/C20H16N2O4/c1-12-6-8-13(9-7-12)16-11-18(26-22-16)21-19(23)17-10-14-4-2-3-5-15(14)20(24)25-17/h2-9,11,17H,10H2,1H3,(H,21,23). The van der Waals surface area contributed by atoms with Crippen LogP contribution in [-0.4, -0.2) is 23.1 Å². The first-order chi connectivity index (χ1) is 12.6. The Labute approximate surface area is 149 Å². The molecule has 1 atom stereocenters. The van der Waals surface area contributed by atoms with E-state index in [1.807, 2.05) is 43.3 Å². The van der Waals surface area contributed by atoms with Gasteiger partial charge in [-0.1, -0.05) is 53.2 Å². The van der Waals surface area contributed by atoms with Crippen LogP contribution < -0.4 is 5.32 Å². The Balaban J connectivity index is 1.47. The fourth-order valence-corrected chi connectivity index (χ4v) is 2.87. The highest BCUT2D eigenvalue weighted by atomic mass is 16.5. The van der Waals surface area contributed by atoms with Crippen molar-refractivity contribution in [3.05, 3.63) is 71.3 Å². The Morgan fingerprint density at radius 3 is 2.73 bits per heavy atom. The SMILES string of the molecule is Cc1ccc(-c2cc(NC(=O)C3Cc4ccccc4C(=O)O3)on2)cc1. The Hall–Kier alpha value is -3.41. The first-order valence-electron chi connectivity index (χ1n) is 8.23. The summed E-state index contributed by atoms with van der Waals surface area (Å²) < 4.78 is 10.4. The van der Waals surface area contributed by atoms with Gasteiger partial charge in [-0.3, -0.25) is 10.1 Å². The van der Waals surface area contributed by atoms with Crippen LogP contribution in [0.2, 0.25) is 0 Å². The van der Waals surface area contributed by atoms with Gasteiger partial charge in [0.1, 0.15) is 5.69 Å². The minimum atomic E-state index is -0.898. The predicted molar refractivity (Wildman–Crippen MR) is 94.7 cm³/mol. The molecule has 1 amide bonds. The van der Waals surface area contributed by atoms with Crippen LogP contribution in [0, 0.1) is 6.92 Å². The van der Waals surface area contributed by atoms with Gasteiger partial charge in [-0.2, -0.15) is 0 Å². The zero-order valence-electron chi connectivity index (χ0n) is 14.1. The maximum Gasteiger partial charge on any atom is 0.339 e. The number of aromatic nitrogens is 1. The zero-order valence-corrected chi connectivity index (χ0v) is 14.1. The maximum absolute atomic E-state index is 12.4. The number of ether oxygens (including phenoxy) is 1. The van der Waals surface area contributed by atoms with E-state index in [0.717, 1.165) is 16.7 Å². The molecule has 26 heavy (non-hydrogen) atoms. The van der Waals surface area contributed by atoms with E-state index >= 15 is 0 Å². The number of rotatable bonds is 3. The molecule has 0 radical (unpaired) electrons. The van der Waals surface area contributed by atoms with E-state index in [1.165, 1.54) is 0 Å². The number of anilines is 1. The quantitative estimate of drug-likeness (QED) is 0.734. The summed E-state index contributed by atoms with van der Waals surface area (Å²) in [6.45, 7) is 2.00. The molecule has 0 spiro atoms. The fraction of sp³-hybridized carbons (Fsp3) is 0.150. The second-order valence-corrected chi connectivity index (χ2v) is 6.19. The molecule has 1 aromatic heterocycles. The van der Waals surface area contributed by atoms with Crippen LogP contribution in [0.1, 0.15) is 21.5 Å². The topological polar surface area (TPSA) is 81.4 Å². The molecule has 4 rings (SSSR count). The van der Waals surface area contributed by atoms with Gasteiger partial charge in [0.15, 0.2) is 6.10 Å². The molecule has 3 aromatic rings. The number of cyclic esters (lactones) is 1. The highest BCUT2D eigenvalue weighted by molar-refractivity contribution is 5.99. The molecule has 0 bridgehead atoms. The minimum absolute atomic E-state index is 0.209. The van der Waals surface area contributed by atoms with Gasteiger partial charge in [-0.25, -0.2) is 4.79 Å². The average Bonchev–Trinajstić information content (AvgIpc) is 3.10. The second-order valence-electron chi connectivity index (χ2n) is 6.19. The molecular formula is C20H16N2O4. The smallest absolute Gasteiger partial charge is 0.339 e. The minimum Gasteiger partial charge on any atom is -0.448 e. The molecule has 2 aromatic carbocycles. The van der Waals surface area contributed by atoms with Gasteiger partial charge in [0, 0.05) is 18.1 Å². The van der Waals surface area contributed by atoms with E-state index in [9.17, 15) is 9.59 Å². The third-order valence-corrected chi connectivity index (χ3v) is 4.29. The van der Waals surface area contributed by atoms with Gasteiger partial charge in [-0.05, 0) is 18.6 Å². The Morgan fingerprint density at radius 2 is 1.92 bits per heavy atom. The van der Waals surface area contributed by atoms with Crippen molar-refractivity contribution in [2.24, 2.45) is 0 Å². The lowest BCUT2D eigenvalue weighted by Gasteiger charge is -2.23. The number of hydrogen-bond donors (Lipinski definition) is 1. The molecule has 2 heterocycles. The predicted octanol–water partition coefficient (Wildman–Crippen LogP) is 3.37. The Morgan fingerprint density at radius 1 is 1.15 bits per heavy atom. The summed E-state index contributed by atoms with van der Waals surface area (Å²) in [6, 6.07) is 16.6. The van der Waals surface area contributed by atoms with E-state index in [4.69, 9.17) is 9.26 Å². The molecule has 0 aliphatic carbocycles. The summed E-state index contributed by atoms with van der Waals surface area (Å²) in [5.41, 5.74) is 3.94. The summed E-state index contributed by atoms with van der Waals surface area (Å²) >= 11 is 0.